The lowest BCUT2D eigenvalue weighted by atomic mass is 9.94. The topological polar surface area (TPSA) is 70.7 Å². The van der Waals surface area contributed by atoms with Crippen LogP contribution in [0.15, 0.2) is 57.7 Å². The molecule has 0 aliphatic rings. The molecule has 0 radical (unpaired) electrons. The molecule has 4 nitrogen and oxygen atoms in total. The van der Waals surface area contributed by atoms with Crippen LogP contribution in [0.5, 0.6) is 5.75 Å². The number of aliphatic hydroxyl groups excluding tert-OH is 1. The summed E-state index contributed by atoms with van der Waals surface area (Å²) < 4.78 is 5.63. The van der Waals surface area contributed by atoms with Crippen LogP contribution in [-0.2, 0) is 6.61 Å². The third-order valence-corrected chi connectivity index (χ3v) is 4.66. The highest BCUT2D eigenvalue weighted by Gasteiger charge is 2.26. The van der Waals surface area contributed by atoms with Crippen molar-refractivity contribution >= 4 is 11.3 Å². The van der Waals surface area contributed by atoms with Crippen LogP contribution in [0.4, 0.5) is 0 Å². The first-order valence-corrected chi connectivity index (χ1v) is 8.00. The molecule has 2 aromatic heterocycles. The second kappa shape index (κ2) is 6.40. The van der Waals surface area contributed by atoms with Gasteiger partial charge in [0.15, 0.2) is 5.76 Å². The molecule has 0 aliphatic heterocycles. The number of hydrogen-bond donors (Lipinski definition) is 2. The van der Waals surface area contributed by atoms with Crippen LogP contribution in [0.3, 0.4) is 0 Å². The van der Waals surface area contributed by atoms with Gasteiger partial charge in [0.05, 0.1) is 5.92 Å². The van der Waals surface area contributed by atoms with Crippen LogP contribution in [0.25, 0.3) is 0 Å². The Balaban J connectivity index is 2.24. The molecular formula is C18H16O4S. The standard InChI is InChI=1S/C18H16O4S/c1-11-7-8-15(23-11)16(12-5-3-2-4-6-12)18-17(21)14(20)9-13(10-19)22-18/h2-9,16,19,21H,10H2,1H3. The molecule has 1 unspecified atom stereocenters. The predicted molar refractivity (Wildman–Crippen MR) is 89.0 cm³/mol. The largest absolute Gasteiger partial charge is 0.502 e. The molecule has 2 N–H and O–H groups in total. The van der Waals surface area contributed by atoms with Crippen molar-refractivity contribution in [3.05, 3.63) is 85.6 Å². The third-order valence-electron chi connectivity index (χ3n) is 3.60. The normalized spacial score (nSPS) is 12.3. The van der Waals surface area contributed by atoms with E-state index in [1.54, 1.807) is 11.3 Å². The minimum Gasteiger partial charge on any atom is -0.502 e. The Bertz CT molecular complexity index is 864. The van der Waals surface area contributed by atoms with Gasteiger partial charge in [-0.25, -0.2) is 0 Å². The molecule has 2 heterocycles. The third kappa shape index (κ3) is 3.06. The quantitative estimate of drug-likeness (QED) is 0.770. The Morgan fingerprint density at radius 3 is 2.52 bits per heavy atom. The number of aliphatic hydroxyl groups is 1. The average molecular weight is 328 g/mol. The highest BCUT2D eigenvalue weighted by molar-refractivity contribution is 7.12. The Labute approximate surface area is 137 Å². The molecule has 1 atom stereocenters. The van der Waals surface area contributed by atoms with E-state index >= 15 is 0 Å². The van der Waals surface area contributed by atoms with Gasteiger partial charge in [-0.15, -0.1) is 11.3 Å². The molecule has 0 saturated carbocycles. The molecule has 0 saturated heterocycles. The maximum atomic E-state index is 12.0. The first kappa shape index (κ1) is 15.5. The molecule has 1 aromatic carbocycles. The lowest BCUT2D eigenvalue weighted by Gasteiger charge is -2.17. The van der Waals surface area contributed by atoms with E-state index in [1.165, 1.54) is 0 Å². The van der Waals surface area contributed by atoms with E-state index in [0.717, 1.165) is 21.4 Å². The Hall–Kier alpha value is -2.37. The first-order chi connectivity index (χ1) is 11.1. The number of aryl methyl sites for hydroxylation is 1. The Morgan fingerprint density at radius 1 is 1.17 bits per heavy atom. The number of rotatable bonds is 4. The Kier molecular flexibility index (Phi) is 4.32. The lowest BCUT2D eigenvalue weighted by Crippen LogP contribution is -2.10. The van der Waals surface area contributed by atoms with Crippen molar-refractivity contribution in [1.82, 2.24) is 0 Å². The number of benzene rings is 1. The zero-order valence-corrected chi connectivity index (χ0v) is 13.3. The van der Waals surface area contributed by atoms with Crippen LogP contribution < -0.4 is 5.43 Å². The minimum atomic E-state index is -0.551. The summed E-state index contributed by atoms with van der Waals surface area (Å²) in [7, 11) is 0. The first-order valence-electron chi connectivity index (χ1n) is 7.18. The summed E-state index contributed by atoms with van der Waals surface area (Å²) in [6.07, 6.45) is 0. The average Bonchev–Trinajstić information content (AvgIpc) is 2.98. The summed E-state index contributed by atoms with van der Waals surface area (Å²) in [6, 6.07) is 14.6. The summed E-state index contributed by atoms with van der Waals surface area (Å²) in [5.41, 5.74) is 0.354. The van der Waals surface area contributed by atoms with Gasteiger partial charge >= 0.3 is 0 Å². The number of hydrogen-bond acceptors (Lipinski definition) is 5. The monoisotopic (exact) mass is 328 g/mol. The second-order valence-electron chi connectivity index (χ2n) is 5.24. The van der Waals surface area contributed by atoms with Crippen molar-refractivity contribution in [1.29, 1.82) is 0 Å². The minimum absolute atomic E-state index is 0.136. The van der Waals surface area contributed by atoms with Gasteiger partial charge in [0.25, 0.3) is 0 Å². The van der Waals surface area contributed by atoms with Gasteiger partial charge in [-0.2, -0.15) is 0 Å². The van der Waals surface area contributed by atoms with Crippen LogP contribution in [-0.4, -0.2) is 10.2 Å². The van der Waals surface area contributed by atoms with Gasteiger partial charge in [-0.3, -0.25) is 4.79 Å². The van der Waals surface area contributed by atoms with Gasteiger partial charge < -0.3 is 14.6 Å². The van der Waals surface area contributed by atoms with Crippen molar-refractivity contribution in [3.63, 3.8) is 0 Å². The fraction of sp³-hybridized carbons (Fsp3) is 0.167. The van der Waals surface area contributed by atoms with Crippen molar-refractivity contribution < 1.29 is 14.6 Å². The highest BCUT2D eigenvalue weighted by atomic mass is 32.1. The molecule has 0 spiro atoms. The van der Waals surface area contributed by atoms with Crippen molar-refractivity contribution in [2.75, 3.05) is 0 Å². The Morgan fingerprint density at radius 2 is 1.91 bits per heavy atom. The van der Waals surface area contributed by atoms with E-state index in [1.807, 2.05) is 49.4 Å². The molecule has 0 amide bonds. The van der Waals surface area contributed by atoms with Gasteiger partial charge in [-0.05, 0) is 24.6 Å². The molecular weight excluding hydrogens is 312 g/mol. The molecule has 23 heavy (non-hydrogen) atoms. The molecule has 0 bridgehead atoms. The van der Waals surface area contributed by atoms with E-state index in [2.05, 4.69) is 0 Å². The van der Waals surface area contributed by atoms with Crippen molar-refractivity contribution in [2.45, 2.75) is 19.4 Å². The van der Waals surface area contributed by atoms with E-state index in [0.29, 0.717) is 0 Å². The van der Waals surface area contributed by atoms with Gasteiger partial charge in [0.2, 0.25) is 11.2 Å². The summed E-state index contributed by atoms with van der Waals surface area (Å²) in [6.45, 7) is 1.60. The zero-order valence-electron chi connectivity index (χ0n) is 12.5. The maximum Gasteiger partial charge on any atom is 0.227 e. The molecule has 118 valence electrons. The van der Waals surface area contributed by atoms with Crippen LogP contribution in [0, 0.1) is 6.92 Å². The van der Waals surface area contributed by atoms with Gasteiger partial charge in [0.1, 0.15) is 12.4 Å². The zero-order chi connectivity index (χ0) is 16.4. The van der Waals surface area contributed by atoms with E-state index in [4.69, 9.17) is 4.42 Å². The number of aromatic hydroxyl groups is 1. The fourth-order valence-electron chi connectivity index (χ4n) is 2.53. The summed E-state index contributed by atoms with van der Waals surface area (Å²) in [5, 5.41) is 19.5. The second-order valence-corrected chi connectivity index (χ2v) is 6.56. The summed E-state index contributed by atoms with van der Waals surface area (Å²) >= 11 is 1.58. The lowest BCUT2D eigenvalue weighted by molar-refractivity contribution is 0.235. The van der Waals surface area contributed by atoms with Crippen molar-refractivity contribution in [3.8, 4) is 5.75 Å². The summed E-state index contributed by atoms with van der Waals surface area (Å²) in [5.74, 6) is -0.511. The van der Waals surface area contributed by atoms with Gasteiger partial charge in [-0.1, -0.05) is 30.3 Å². The van der Waals surface area contributed by atoms with E-state index in [-0.39, 0.29) is 11.5 Å². The molecule has 3 aromatic rings. The molecule has 3 rings (SSSR count). The van der Waals surface area contributed by atoms with Crippen molar-refractivity contribution in [2.24, 2.45) is 0 Å². The van der Waals surface area contributed by atoms with E-state index in [9.17, 15) is 15.0 Å². The van der Waals surface area contributed by atoms with Crippen LogP contribution in [0.2, 0.25) is 0 Å². The maximum absolute atomic E-state index is 12.0. The molecule has 0 aliphatic carbocycles. The smallest absolute Gasteiger partial charge is 0.227 e. The highest BCUT2D eigenvalue weighted by Crippen LogP contribution is 2.38. The predicted octanol–water partition coefficient (Wildman–Crippen LogP) is 3.39. The SMILES string of the molecule is Cc1ccc(C(c2ccccc2)c2oc(CO)cc(=O)c2O)s1. The molecule has 5 heteroatoms. The summed E-state index contributed by atoms with van der Waals surface area (Å²) in [4.78, 5) is 14.1. The number of thiophene rings is 1. The van der Waals surface area contributed by atoms with Crippen LogP contribution >= 0.6 is 11.3 Å². The fourth-order valence-corrected chi connectivity index (χ4v) is 3.53. The van der Waals surface area contributed by atoms with E-state index < -0.39 is 23.7 Å². The van der Waals surface area contributed by atoms with Crippen LogP contribution in [0.1, 0.15) is 32.8 Å². The van der Waals surface area contributed by atoms with Gasteiger partial charge in [0, 0.05) is 15.8 Å². The molecule has 0 fully saturated rings.